The van der Waals surface area contributed by atoms with Crippen LogP contribution in [0.2, 0.25) is 0 Å². The van der Waals surface area contributed by atoms with Crippen molar-refractivity contribution in [3.63, 3.8) is 0 Å². The number of pyridine rings is 1. The number of aliphatic hydroxyl groups excluding tert-OH is 2. The molecule has 1 unspecified atom stereocenters. The average Bonchev–Trinajstić information content (AvgIpc) is 3.39. The molecular formula is C27H33N7O7S. The summed E-state index contributed by atoms with van der Waals surface area (Å²) >= 11 is 0. The highest BCUT2D eigenvalue weighted by Gasteiger charge is 2.36. The molecule has 4 rings (SSSR count). The Morgan fingerprint density at radius 2 is 1.67 bits per heavy atom. The normalized spacial score (nSPS) is 13.8. The van der Waals surface area contributed by atoms with Gasteiger partial charge in [0.1, 0.15) is 34.6 Å². The molecule has 3 heterocycles. The summed E-state index contributed by atoms with van der Waals surface area (Å²) in [6, 6.07) is 6.96. The number of rotatable bonds is 13. The molecule has 0 aliphatic carbocycles. The molecule has 42 heavy (non-hydrogen) atoms. The Bertz CT molecular complexity index is 1590. The number of aromatic nitrogens is 6. The van der Waals surface area contributed by atoms with E-state index < -0.39 is 34.1 Å². The van der Waals surface area contributed by atoms with Crippen molar-refractivity contribution < 1.29 is 32.8 Å². The van der Waals surface area contributed by atoms with Gasteiger partial charge in [-0.15, -0.1) is 10.2 Å². The lowest BCUT2D eigenvalue weighted by molar-refractivity contribution is -0.0324. The number of nitrogens with one attached hydrogen (secondary N) is 1. The molecule has 0 fully saturated rings. The van der Waals surface area contributed by atoms with E-state index in [0.29, 0.717) is 22.7 Å². The van der Waals surface area contributed by atoms with E-state index in [1.807, 2.05) is 13.0 Å². The van der Waals surface area contributed by atoms with Gasteiger partial charge in [-0.3, -0.25) is 14.3 Å². The van der Waals surface area contributed by atoms with Gasteiger partial charge in [0.2, 0.25) is 16.0 Å². The maximum absolute atomic E-state index is 13.9. The molecule has 0 amide bonds. The topological polar surface area (TPSA) is 184 Å². The summed E-state index contributed by atoms with van der Waals surface area (Å²) in [5, 5.41) is 26.3. The van der Waals surface area contributed by atoms with Gasteiger partial charge in [-0.05, 0) is 50.1 Å². The molecule has 0 bridgehead atoms. The van der Waals surface area contributed by atoms with Crippen LogP contribution in [-0.2, 0) is 14.8 Å². The number of para-hydroxylation sites is 1. The van der Waals surface area contributed by atoms with Crippen molar-refractivity contribution in [2.24, 2.45) is 0 Å². The van der Waals surface area contributed by atoms with Crippen LogP contribution in [0.25, 0.3) is 17.1 Å². The van der Waals surface area contributed by atoms with Crippen LogP contribution in [0, 0.1) is 13.8 Å². The molecule has 1 aromatic carbocycles. The molecule has 3 aromatic heterocycles. The summed E-state index contributed by atoms with van der Waals surface area (Å²) in [5.41, 5.74) is 2.54. The lowest BCUT2D eigenvalue weighted by atomic mass is 10.2. The molecule has 0 saturated carbocycles. The molecule has 0 aliphatic rings. The molecule has 3 atom stereocenters. The van der Waals surface area contributed by atoms with Gasteiger partial charge in [0.15, 0.2) is 11.6 Å². The molecule has 15 heteroatoms. The number of sulfonamides is 1. The van der Waals surface area contributed by atoms with Crippen LogP contribution in [-0.4, -0.2) is 87.1 Å². The molecular weight excluding hydrogens is 566 g/mol. The van der Waals surface area contributed by atoms with Crippen molar-refractivity contribution in [2.45, 2.75) is 38.2 Å². The first-order valence-electron chi connectivity index (χ1n) is 12.9. The fourth-order valence-corrected chi connectivity index (χ4v) is 5.20. The highest BCUT2D eigenvalue weighted by atomic mass is 32.2. The van der Waals surface area contributed by atoms with Gasteiger partial charge in [0.05, 0.1) is 27.4 Å². The number of hydrogen-bond acceptors (Lipinski definition) is 12. The van der Waals surface area contributed by atoms with Crippen molar-refractivity contribution in [2.75, 3.05) is 32.2 Å². The van der Waals surface area contributed by atoms with Crippen LogP contribution in [0.5, 0.6) is 11.5 Å². The third-order valence-electron chi connectivity index (χ3n) is 6.31. The minimum Gasteiger partial charge on any atom is -0.494 e. The highest BCUT2D eigenvalue weighted by molar-refractivity contribution is 7.93. The smallest absolute Gasteiger partial charge is 0.243 e. The number of anilines is 1. The Kier molecular flexibility index (Phi) is 9.67. The fraction of sp³-hybridized carbons (Fsp3) is 0.370. The van der Waals surface area contributed by atoms with Crippen molar-refractivity contribution in [3.8, 4) is 28.6 Å². The Hall–Kier alpha value is -4.18. The van der Waals surface area contributed by atoms with E-state index in [1.165, 1.54) is 38.1 Å². The zero-order chi connectivity index (χ0) is 30.4. The molecule has 0 aliphatic heterocycles. The first-order chi connectivity index (χ1) is 20.1. The minimum atomic E-state index is -4.29. The summed E-state index contributed by atoms with van der Waals surface area (Å²) in [7, 11) is -1.33. The second-order valence-electron chi connectivity index (χ2n) is 9.51. The van der Waals surface area contributed by atoms with Gasteiger partial charge < -0.3 is 24.4 Å². The standard InChI is InChI=1S/C27H33N7O7S/c1-16-9-19(13-28-10-16)26-31-32-27(34(26)23-21(39-4)7-6-8-22(23)40-5)33-42(37,38)18(3)24(41-15-20(36)14-35)25-29-11-17(2)12-30-25/h6-13,18,20,24,35-36H,14-15H2,1-5H3,(H,32,33)/t18-,20?,24-/m0/s1. The lowest BCUT2D eigenvalue weighted by Gasteiger charge is -2.25. The number of aryl methyl sites for hydroxylation is 2. The molecule has 0 spiro atoms. The number of methoxy groups -OCH3 is 2. The van der Waals surface area contributed by atoms with Gasteiger partial charge in [0.25, 0.3) is 0 Å². The van der Waals surface area contributed by atoms with Crippen molar-refractivity contribution in [3.05, 3.63) is 66.0 Å². The second kappa shape index (κ2) is 13.2. The first-order valence-corrected chi connectivity index (χ1v) is 14.4. The Morgan fingerprint density at radius 3 is 2.26 bits per heavy atom. The van der Waals surface area contributed by atoms with Crippen molar-refractivity contribution in [1.82, 2.24) is 29.7 Å². The van der Waals surface area contributed by atoms with Gasteiger partial charge in [-0.1, -0.05) is 6.07 Å². The Balaban J connectivity index is 1.82. The SMILES string of the molecule is COc1cccc(OC)c1-n1c(NS(=O)(=O)[C@@H](C)[C@H](OCC(O)CO)c2ncc(C)cn2)nnc1-c1cncc(C)c1. The molecule has 0 saturated heterocycles. The van der Waals surface area contributed by atoms with E-state index in [4.69, 9.17) is 14.2 Å². The number of hydrogen-bond donors (Lipinski definition) is 3. The Morgan fingerprint density at radius 1 is 1.00 bits per heavy atom. The van der Waals surface area contributed by atoms with Crippen molar-refractivity contribution >= 4 is 16.0 Å². The number of ether oxygens (including phenoxy) is 3. The predicted molar refractivity (Wildman–Crippen MR) is 153 cm³/mol. The van der Waals surface area contributed by atoms with Gasteiger partial charge >= 0.3 is 0 Å². The monoisotopic (exact) mass is 599 g/mol. The van der Waals surface area contributed by atoms with E-state index in [-0.39, 0.29) is 24.2 Å². The predicted octanol–water partition coefficient (Wildman–Crippen LogP) is 1.99. The van der Waals surface area contributed by atoms with Crippen LogP contribution in [0.15, 0.2) is 49.1 Å². The lowest BCUT2D eigenvalue weighted by Crippen LogP contribution is -2.35. The van der Waals surface area contributed by atoms with E-state index >= 15 is 0 Å². The molecule has 3 N–H and O–H groups in total. The molecule has 0 radical (unpaired) electrons. The average molecular weight is 600 g/mol. The van der Waals surface area contributed by atoms with Crippen LogP contribution in [0.1, 0.15) is 30.0 Å². The zero-order valence-corrected chi connectivity index (χ0v) is 24.6. The summed E-state index contributed by atoms with van der Waals surface area (Å²) in [4.78, 5) is 12.7. The van der Waals surface area contributed by atoms with E-state index in [2.05, 4.69) is 29.9 Å². The van der Waals surface area contributed by atoms with E-state index in [1.54, 1.807) is 37.5 Å². The summed E-state index contributed by atoms with van der Waals surface area (Å²) in [5.74, 6) is 0.955. The number of benzene rings is 1. The van der Waals surface area contributed by atoms with E-state index in [9.17, 15) is 18.6 Å². The maximum atomic E-state index is 13.9. The van der Waals surface area contributed by atoms with Gasteiger partial charge in [-0.25, -0.2) is 18.4 Å². The number of aliphatic hydroxyl groups is 2. The molecule has 4 aromatic rings. The maximum Gasteiger partial charge on any atom is 0.243 e. The molecule has 224 valence electrons. The molecule has 14 nitrogen and oxygen atoms in total. The summed E-state index contributed by atoms with van der Waals surface area (Å²) in [6.07, 6.45) is 3.89. The van der Waals surface area contributed by atoms with Crippen LogP contribution in [0.3, 0.4) is 0 Å². The van der Waals surface area contributed by atoms with Gasteiger partial charge in [-0.2, -0.15) is 0 Å². The highest BCUT2D eigenvalue weighted by Crippen LogP contribution is 2.38. The minimum absolute atomic E-state index is 0.0861. The zero-order valence-electron chi connectivity index (χ0n) is 23.8. The fourth-order valence-electron chi connectivity index (χ4n) is 4.10. The van der Waals surface area contributed by atoms with Crippen LogP contribution in [0.4, 0.5) is 5.95 Å². The largest absolute Gasteiger partial charge is 0.494 e. The number of nitrogens with zero attached hydrogens (tertiary/aromatic N) is 6. The summed E-state index contributed by atoms with van der Waals surface area (Å²) in [6.45, 7) is 4.15. The van der Waals surface area contributed by atoms with Gasteiger partial charge in [0, 0.05) is 30.4 Å². The Labute approximate surface area is 243 Å². The third kappa shape index (κ3) is 6.65. The van der Waals surface area contributed by atoms with Crippen LogP contribution >= 0.6 is 0 Å². The third-order valence-corrected chi connectivity index (χ3v) is 8.00. The summed E-state index contributed by atoms with van der Waals surface area (Å²) < 4.78 is 48.7. The van der Waals surface area contributed by atoms with Crippen LogP contribution < -0.4 is 14.2 Å². The van der Waals surface area contributed by atoms with Crippen molar-refractivity contribution in [1.29, 1.82) is 0 Å². The van der Waals surface area contributed by atoms with E-state index in [0.717, 1.165) is 11.1 Å². The first kappa shape index (κ1) is 30.8. The second-order valence-corrected chi connectivity index (χ2v) is 11.5. The quantitative estimate of drug-likeness (QED) is 0.203.